The molecule has 0 bridgehead atoms. The fourth-order valence-corrected chi connectivity index (χ4v) is 17.8. The molecule has 0 fully saturated rings. The van der Waals surface area contributed by atoms with Gasteiger partial charge in [0.15, 0.2) is 8.32 Å². The molecule has 9 heteroatoms. The fourth-order valence-electron chi connectivity index (χ4n) is 7.72. The number of phenolic OH excluding ortho intramolecular Hbond substituents is 2. The van der Waals surface area contributed by atoms with Crippen LogP contribution in [0.25, 0.3) is 0 Å². The molecule has 7 nitrogen and oxygen atoms in total. The van der Waals surface area contributed by atoms with Gasteiger partial charge < -0.3 is 24.1 Å². The Labute approximate surface area is 286 Å². The van der Waals surface area contributed by atoms with E-state index in [0.717, 1.165) is 51.0 Å². The second-order valence-corrected chi connectivity index (χ2v) is 24.1. The molecule has 2 rings (SSSR count). The molecule has 0 amide bonds. The van der Waals surface area contributed by atoms with Gasteiger partial charge in [0, 0.05) is 5.22 Å². The minimum atomic E-state index is -2.27. The number of phenols is 2. The molecule has 0 spiro atoms. The highest BCUT2D eigenvalue weighted by Crippen LogP contribution is 2.54. The number of hydrogen-bond acceptors (Lipinski definition) is 7. The molecule has 0 aromatic heterocycles. The van der Waals surface area contributed by atoms with Crippen LogP contribution in [0.4, 0.5) is 0 Å². The SMILES string of the molecule is CCC(CC)(O[Si](C)(C)C(CC)(CC)CC(C)CCOC(=O)c1ccc(O)cc1)[Si](C)(C)CC(C)CCOC(=O)c1ccc(O)cc1. The van der Waals surface area contributed by atoms with Crippen LogP contribution in [-0.2, 0) is 13.9 Å². The average molecular weight is 687 g/mol. The van der Waals surface area contributed by atoms with Crippen LogP contribution in [0, 0.1) is 11.8 Å². The van der Waals surface area contributed by atoms with E-state index in [9.17, 15) is 19.8 Å². The van der Waals surface area contributed by atoms with E-state index in [0.29, 0.717) is 36.2 Å². The molecule has 2 atom stereocenters. The standard InChI is InChI=1S/C38H62O7Si2/c1-11-37(12-2,27-29(5)23-25-43-35(41)31-15-19-33(39)20-16-31)47(9,10)45-38(13-3,14-4)46(7,8)28-30(6)24-26-44-36(42)32-17-21-34(40)22-18-32/h15-22,29-30,39-40H,11-14,23-28H2,1-10H3. The van der Waals surface area contributed by atoms with Crippen LogP contribution in [0.5, 0.6) is 11.5 Å². The minimum absolute atomic E-state index is 0.0848. The van der Waals surface area contributed by atoms with Gasteiger partial charge in [0.25, 0.3) is 0 Å². The average Bonchev–Trinajstić information content (AvgIpc) is 3.02. The van der Waals surface area contributed by atoms with Crippen molar-refractivity contribution in [1.82, 2.24) is 0 Å². The lowest BCUT2D eigenvalue weighted by atomic mass is 9.89. The van der Waals surface area contributed by atoms with Crippen LogP contribution in [0.15, 0.2) is 48.5 Å². The minimum Gasteiger partial charge on any atom is -0.508 e. The summed E-state index contributed by atoms with van der Waals surface area (Å²) in [5, 5.41) is 18.9. The van der Waals surface area contributed by atoms with E-state index in [1.54, 1.807) is 24.3 Å². The topological polar surface area (TPSA) is 102 Å². The largest absolute Gasteiger partial charge is 0.508 e. The van der Waals surface area contributed by atoms with Gasteiger partial charge in [-0.2, -0.15) is 0 Å². The van der Waals surface area contributed by atoms with Gasteiger partial charge in [-0.15, -0.1) is 0 Å². The molecular formula is C38H62O7Si2. The summed E-state index contributed by atoms with van der Waals surface area (Å²) in [7, 11) is -4.21. The van der Waals surface area contributed by atoms with Gasteiger partial charge in [-0.1, -0.05) is 73.5 Å². The molecule has 0 saturated heterocycles. The number of benzene rings is 2. The summed E-state index contributed by atoms with van der Waals surface area (Å²) in [4.78, 5) is 25.0. The van der Waals surface area contributed by atoms with Crippen LogP contribution in [0.1, 0.15) is 107 Å². The molecule has 264 valence electrons. The monoisotopic (exact) mass is 686 g/mol. The third-order valence-electron chi connectivity index (χ3n) is 10.9. The Morgan fingerprint density at radius 2 is 1.09 bits per heavy atom. The first-order chi connectivity index (χ1) is 22.0. The van der Waals surface area contributed by atoms with Crippen LogP contribution < -0.4 is 0 Å². The summed E-state index contributed by atoms with van der Waals surface area (Å²) in [6.07, 6.45) is 6.68. The van der Waals surface area contributed by atoms with Crippen molar-refractivity contribution in [1.29, 1.82) is 0 Å². The van der Waals surface area contributed by atoms with Gasteiger partial charge in [0.2, 0.25) is 0 Å². The summed E-state index contributed by atoms with van der Waals surface area (Å²) in [6, 6.07) is 13.4. The van der Waals surface area contributed by atoms with E-state index in [-0.39, 0.29) is 33.7 Å². The van der Waals surface area contributed by atoms with E-state index < -0.39 is 16.4 Å². The summed E-state index contributed by atoms with van der Waals surface area (Å²) in [5.74, 6) is 0.287. The zero-order valence-corrected chi connectivity index (χ0v) is 32.8. The van der Waals surface area contributed by atoms with Crippen molar-refractivity contribution in [3.8, 4) is 11.5 Å². The highest BCUT2D eigenvalue weighted by molar-refractivity contribution is 6.82. The van der Waals surface area contributed by atoms with Crippen molar-refractivity contribution in [3.05, 3.63) is 59.7 Å². The van der Waals surface area contributed by atoms with E-state index in [1.165, 1.54) is 24.3 Å². The molecule has 2 N–H and O–H groups in total. The normalized spacial score (nSPS) is 14.0. The molecule has 0 radical (unpaired) electrons. The Bertz CT molecular complexity index is 1250. The molecule has 0 aliphatic heterocycles. The molecule has 2 aromatic carbocycles. The van der Waals surface area contributed by atoms with Crippen molar-refractivity contribution in [3.63, 3.8) is 0 Å². The first kappa shape index (κ1) is 40.5. The zero-order valence-electron chi connectivity index (χ0n) is 30.8. The van der Waals surface area contributed by atoms with Crippen LogP contribution in [0.3, 0.4) is 0 Å². The summed E-state index contributed by atoms with van der Waals surface area (Å²) in [5.41, 5.74) is 0.891. The first-order valence-electron chi connectivity index (χ1n) is 17.6. The number of aromatic hydroxyl groups is 2. The predicted octanol–water partition coefficient (Wildman–Crippen LogP) is 10.1. The van der Waals surface area contributed by atoms with Gasteiger partial charge in [-0.3, -0.25) is 0 Å². The van der Waals surface area contributed by atoms with E-state index >= 15 is 0 Å². The van der Waals surface area contributed by atoms with E-state index in [2.05, 4.69) is 67.7 Å². The van der Waals surface area contributed by atoms with Crippen LogP contribution >= 0.6 is 0 Å². The third kappa shape index (κ3) is 10.7. The molecule has 2 unspecified atom stereocenters. The number of carbonyl (C=O) groups is 2. The van der Waals surface area contributed by atoms with Crippen molar-refractivity contribution in [2.75, 3.05) is 13.2 Å². The molecule has 0 aliphatic carbocycles. The summed E-state index contributed by atoms with van der Waals surface area (Å²) >= 11 is 0. The van der Waals surface area contributed by atoms with Crippen molar-refractivity contribution in [2.24, 2.45) is 11.8 Å². The Morgan fingerprint density at radius 1 is 0.681 bits per heavy atom. The number of rotatable bonds is 20. The lowest BCUT2D eigenvalue weighted by Crippen LogP contribution is -2.63. The fraction of sp³-hybridized carbons (Fsp3) is 0.632. The molecule has 0 saturated carbocycles. The number of hydrogen-bond donors (Lipinski definition) is 2. The lowest BCUT2D eigenvalue weighted by molar-refractivity contribution is 0.0473. The molecule has 47 heavy (non-hydrogen) atoms. The summed E-state index contributed by atoms with van der Waals surface area (Å²) in [6.45, 7) is 24.3. The number of ether oxygens (including phenoxy) is 2. The zero-order chi connectivity index (χ0) is 35.5. The Balaban J connectivity index is 2.07. The Morgan fingerprint density at radius 3 is 1.47 bits per heavy atom. The summed E-state index contributed by atoms with van der Waals surface area (Å²) < 4.78 is 18.8. The first-order valence-corrected chi connectivity index (χ1v) is 23.7. The molecule has 0 heterocycles. The van der Waals surface area contributed by atoms with Crippen LogP contribution in [-0.4, -0.2) is 57.0 Å². The Hall–Kier alpha value is -2.63. The van der Waals surface area contributed by atoms with Crippen molar-refractivity contribution < 1.29 is 33.7 Å². The maximum Gasteiger partial charge on any atom is 0.338 e. The maximum absolute atomic E-state index is 12.5. The van der Waals surface area contributed by atoms with E-state index in [1.807, 2.05) is 0 Å². The highest BCUT2D eigenvalue weighted by atomic mass is 28.4. The second-order valence-electron chi connectivity index (χ2n) is 14.7. The van der Waals surface area contributed by atoms with Gasteiger partial charge in [-0.25, -0.2) is 9.59 Å². The lowest BCUT2D eigenvalue weighted by Gasteiger charge is -2.55. The quantitative estimate of drug-likeness (QED) is 0.106. The van der Waals surface area contributed by atoms with Gasteiger partial charge in [0.1, 0.15) is 11.5 Å². The van der Waals surface area contributed by atoms with Gasteiger partial charge in [0.05, 0.1) is 32.4 Å². The maximum atomic E-state index is 12.5. The predicted molar refractivity (Wildman–Crippen MR) is 196 cm³/mol. The smallest absolute Gasteiger partial charge is 0.338 e. The van der Waals surface area contributed by atoms with Crippen molar-refractivity contribution >= 4 is 28.3 Å². The Kier molecular flexibility index (Phi) is 15.3. The van der Waals surface area contributed by atoms with Crippen molar-refractivity contribution in [2.45, 2.75) is 129 Å². The molecule has 2 aromatic rings. The third-order valence-corrected chi connectivity index (χ3v) is 20.5. The molecular weight excluding hydrogens is 625 g/mol. The highest BCUT2D eigenvalue weighted by Gasteiger charge is 2.54. The van der Waals surface area contributed by atoms with Gasteiger partial charge in [-0.05, 0) is 111 Å². The van der Waals surface area contributed by atoms with Gasteiger partial charge >= 0.3 is 11.9 Å². The van der Waals surface area contributed by atoms with E-state index in [4.69, 9.17) is 13.9 Å². The second kappa shape index (κ2) is 17.7. The molecule has 0 aliphatic rings. The van der Waals surface area contributed by atoms with Crippen LogP contribution in [0.2, 0.25) is 37.3 Å². The number of carbonyl (C=O) groups excluding carboxylic acids is 2. The number of esters is 2.